The molecule has 6 heteroatoms. The second kappa shape index (κ2) is 9.44. The van der Waals surface area contributed by atoms with Crippen molar-refractivity contribution < 1.29 is 19.4 Å². The van der Waals surface area contributed by atoms with Gasteiger partial charge in [0.25, 0.3) is 5.91 Å². The van der Waals surface area contributed by atoms with Gasteiger partial charge in [0.2, 0.25) is 0 Å². The average Bonchev–Trinajstić information content (AvgIpc) is 2.66. The van der Waals surface area contributed by atoms with Gasteiger partial charge in [0.1, 0.15) is 0 Å². The molecule has 2 aromatic rings. The van der Waals surface area contributed by atoms with E-state index in [0.29, 0.717) is 24.3 Å². The van der Waals surface area contributed by atoms with Crippen molar-refractivity contribution in [2.24, 2.45) is 0 Å². The number of aliphatic hydroxyl groups excluding tert-OH is 1. The van der Waals surface area contributed by atoms with E-state index in [0.717, 1.165) is 5.69 Å². The van der Waals surface area contributed by atoms with Crippen LogP contribution in [-0.4, -0.2) is 43.3 Å². The number of nitrogens with one attached hydrogen (secondary N) is 1. The highest BCUT2D eigenvalue weighted by molar-refractivity contribution is 5.99. The molecule has 0 aromatic heterocycles. The second-order valence-electron chi connectivity index (χ2n) is 5.25. The fraction of sp³-hybridized carbons (Fsp3) is 0.263. The van der Waals surface area contributed by atoms with Crippen molar-refractivity contribution in [1.82, 2.24) is 0 Å². The van der Waals surface area contributed by atoms with E-state index in [1.807, 2.05) is 37.3 Å². The molecule has 2 rings (SSSR count). The van der Waals surface area contributed by atoms with Gasteiger partial charge in [0.05, 0.1) is 12.2 Å². The smallest absolute Gasteiger partial charge is 0.340 e. The maximum atomic E-state index is 12.4. The molecule has 0 atom stereocenters. The van der Waals surface area contributed by atoms with Crippen molar-refractivity contribution in [2.75, 3.05) is 36.5 Å². The Balaban J connectivity index is 2.01. The quantitative estimate of drug-likeness (QED) is 0.720. The molecule has 0 aliphatic carbocycles. The Bertz CT molecular complexity index is 704. The summed E-state index contributed by atoms with van der Waals surface area (Å²) in [6, 6.07) is 16.0. The normalized spacial score (nSPS) is 10.2. The molecule has 0 aliphatic heterocycles. The van der Waals surface area contributed by atoms with E-state index in [1.165, 1.54) is 0 Å². The molecule has 0 spiro atoms. The molecule has 6 nitrogen and oxygen atoms in total. The van der Waals surface area contributed by atoms with E-state index in [-0.39, 0.29) is 19.1 Å². The molecule has 2 aromatic carbocycles. The molecule has 0 heterocycles. The lowest BCUT2D eigenvalue weighted by atomic mass is 10.2. The summed E-state index contributed by atoms with van der Waals surface area (Å²) in [7, 11) is 0. The van der Waals surface area contributed by atoms with Crippen LogP contribution in [0.3, 0.4) is 0 Å². The van der Waals surface area contributed by atoms with Crippen LogP contribution < -0.4 is 10.2 Å². The molecule has 25 heavy (non-hydrogen) atoms. The molecule has 0 bridgehead atoms. The summed E-state index contributed by atoms with van der Waals surface area (Å²) in [5.41, 5.74) is 1.65. The summed E-state index contributed by atoms with van der Waals surface area (Å²) in [4.78, 5) is 26.2. The Hall–Kier alpha value is -2.86. The molecular weight excluding hydrogens is 320 g/mol. The minimum atomic E-state index is -0.585. The minimum absolute atomic E-state index is 0.0512. The Morgan fingerprint density at radius 3 is 2.44 bits per heavy atom. The van der Waals surface area contributed by atoms with Crippen LogP contribution in [0.2, 0.25) is 0 Å². The average molecular weight is 342 g/mol. The van der Waals surface area contributed by atoms with Gasteiger partial charge in [-0.1, -0.05) is 30.3 Å². The van der Waals surface area contributed by atoms with Gasteiger partial charge in [0.15, 0.2) is 6.61 Å². The summed E-state index contributed by atoms with van der Waals surface area (Å²) in [6.07, 6.45) is 0. The third-order valence-corrected chi connectivity index (χ3v) is 3.59. The summed E-state index contributed by atoms with van der Waals surface area (Å²) in [6.45, 7) is 2.27. The number of hydrogen-bond acceptors (Lipinski definition) is 5. The first kappa shape index (κ1) is 18.5. The molecule has 0 unspecified atom stereocenters. The molecule has 0 aliphatic rings. The number of carbonyl (C=O) groups excluding carboxylic acids is 2. The zero-order valence-electron chi connectivity index (χ0n) is 14.1. The van der Waals surface area contributed by atoms with Gasteiger partial charge in [-0.25, -0.2) is 4.79 Å². The van der Waals surface area contributed by atoms with Crippen LogP contribution in [0.15, 0.2) is 54.6 Å². The highest BCUT2D eigenvalue weighted by Gasteiger charge is 2.18. The fourth-order valence-electron chi connectivity index (χ4n) is 2.40. The van der Waals surface area contributed by atoms with Gasteiger partial charge in [-0.3, -0.25) is 4.79 Å². The molecule has 0 saturated carbocycles. The lowest BCUT2D eigenvalue weighted by Gasteiger charge is -2.21. The maximum absolute atomic E-state index is 12.4. The molecular formula is C19H22N2O4. The largest absolute Gasteiger partial charge is 0.452 e. The summed E-state index contributed by atoms with van der Waals surface area (Å²) >= 11 is 0. The van der Waals surface area contributed by atoms with E-state index in [1.54, 1.807) is 29.2 Å². The minimum Gasteiger partial charge on any atom is -0.452 e. The SMILES string of the molecule is CCN(C(=O)COC(=O)c1ccccc1NCCO)c1ccccc1. The van der Waals surface area contributed by atoms with E-state index < -0.39 is 5.97 Å². The first-order valence-corrected chi connectivity index (χ1v) is 8.13. The van der Waals surface area contributed by atoms with Gasteiger partial charge in [0, 0.05) is 24.5 Å². The number of benzene rings is 2. The Kier molecular flexibility index (Phi) is 6.98. The first-order valence-electron chi connectivity index (χ1n) is 8.13. The number of esters is 1. The number of rotatable bonds is 8. The third kappa shape index (κ3) is 5.06. The second-order valence-corrected chi connectivity index (χ2v) is 5.25. The molecule has 0 fully saturated rings. The zero-order valence-corrected chi connectivity index (χ0v) is 14.1. The number of para-hydroxylation sites is 2. The highest BCUT2D eigenvalue weighted by atomic mass is 16.5. The van der Waals surface area contributed by atoms with Crippen molar-refractivity contribution >= 4 is 23.3 Å². The number of amides is 1. The van der Waals surface area contributed by atoms with Gasteiger partial charge in [-0.15, -0.1) is 0 Å². The number of nitrogens with zero attached hydrogens (tertiary/aromatic N) is 1. The lowest BCUT2D eigenvalue weighted by Crippen LogP contribution is -2.34. The Morgan fingerprint density at radius 1 is 1.08 bits per heavy atom. The summed E-state index contributed by atoms with van der Waals surface area (Å²) < 4.78 is 5.18. The molecule has 132 valence electrons. The summed E-state index contributed by atoms with van der Waals surface area (Å²) in [5.74, 6) is -0.874. The lowest BCUT2D eigenvalue weighted by molar-refractivity contribution is -0.121. The van der Waals surface area contributed by atoms with Gasteiger partial charge < -0.3 is 20.1 Å². The Labute approximate surface area is 147 Å². The van der Waals surface area contributed by atoms with Crippen molar-refractivity contribution in [3.63, 3.8) is 0 Å². The van der Waals surface area contributed by atoms with Crippen molar-refractivity contribution in [3.05, 3.63) is 60.2 Å². The van der Waals surface area contributed by atoms with Crippen LogP contribution in [-0.2, 0) is 9.53 Å². The number of carbonyl (C=O) groups is 2. The maximum Gasteiger partial charge on any atom is 0.340 e. The van der Waals surface area contributed by atoms with E-state index in [4.69, 9.17) is 9.84 Å². The first-order chi connectivity index (χ1) is 12.2. The van der Waals surface area contributed by atoms with E-state index >= 15 is 0 Å². The van der Waals surface area contributed by atoms with Crippen LogP contribution >= 0.6 is 0 Å². The van der Waals surface area contributed by atoms with E-state index in [9.17, 15) is 9.59 Å². The number of ether oxygens (including phenoxy) is 1. The summed E-state index contributed by atoms with van der Waals surface area (Å²) in [5, 5.41) is 11.8. The van der Waals surface area contributed by atoms with Crippen LogP contribution in [0.25, 0.3) is 0 Å². The number of likely N-dealkylation sites (N-methyl/N-ethyl adjacent to an activating group) is 1. The van der Waals surface area contributed by atoms with Crippen LogP contribution in [0, 0.1) is 0 Å². The van der Waals surface area contributed by atoms with Crippen molar-refractivity contribution in [3.8, 4) is 0 Å². The van der Waals surface area contributed by atoms with Gasteiger partial charge >= 0.3 is 5.97 Å². The fourth-order valence-corrected chi connectivity index (χ4v) is 2.40. The molecule has 0 radical (unpaired) electrons. The molecule has 1 amide bonds. The third-order valence-electron chi connectivity index (χ3n) is 3.59. The van der Waals surface area contributed by atoms with Gasteiger partial charge in [-0.05, 0) is 31.2 Å². The molecule has 0 saturated heterocycles. The van der Waals surface area contributed by atoms with Crippen molar-refractivity contribution in [2.45, 2.75) is 6.92 Å². The van der Waals surface area contributed by atoms with Crippen LogP contribution in [0.1, 0.15) is 17.3 Å². The monoisotopic (exact) mass is 342 g/mol. The topological polar surface area (TPSA) is 78.9 Å². The van der Waals surface area contributed by atoms with Crippen LogP contribution in [0.4, 0.5) is 11.4 Å². The zero-order chi connectivity index (χ0) is 18.1. The standard InChI is InChI=1S/C19H22N2O4/c1-2-21(15-8-4-3-5-9-15)18(23)14-25-19(24)16-10-6-7-11-17(16)20-12-13-22/h3-11,20,22H,2,12-14H2,1H3. The van der Waals surface area contributed by atoms with Crippen LogP contribution in [0.5, 0.6) is 0 Å². The predicted molar refractivity (Wildman–Crippen MR) is 96.8 cm³/mol. The highest BCUT2D eigenvalue weighted by Crippen LogP contribution is 2.17. The molecule has 2 N–H and O–H groups in total. The number of aliphatic hydroxyl groups is 1. The number of hydrogen-bond donors (Lipinski definition) is 2. The van der Waals surface area contributed by atoms with E-state index in [2.05, 4.69) is 5.32 Å². The predicted octanol–water partition coefficient (Wildman–Crippen LogP) is 2.30. The van der Waals surface area contributed by atoms with Crippen molar-refractivity contribution in [1.29, 1.82) is 0 Å². The van der Waals surface area contributed by atoms with Gasteiger partial charge in [-0.2, -0.15) is 0 Å². The Morgan fingerprint density at radius 2 is 1.76 bits per heavy atom. The number of anilines is 2.